The van der Waals surface area contributed by atoms with Gasteiger partial charge >= 0.3 is 0 Å². The van der Waals surface area contributed by atoms with Crippen LogP contribution in [0.15, 0.2) is 55.4 Å². The fourth-order valence-electron chi connectivity index (χ4n) is 7.71. The van der Waals surface area contributed by atoms with Crippen LogP contribution < -0.4 is 16.0 Å². The van der Waals surface area contributed by atoms with Gasteiger partial charge in [-0.3, -0.25) is 20.3 Å². The van der Waals surface area contributed by atoms with E-state index >= 15 is 0 Å². The number of aromatic amines is 3. The summed E-state index contributed by atoms with van der Waals surface area (Å²) in [4.78, 5) is 30.6. The fraction of sp³-hybridized carbons (Fsp3) is 0.308. The zero-order valence-corrected chi connectivity index (χ0v) is 33.5. The number of hydrogen-bond acceptors (Lipinski definition) is 15. The molecule has 1 saturated carbocycles. The van der Waals surface area contributed by atoms with Crippen LogP contribution in [0.3, 0.4) is 0 Å². The van der Waals surface area contributed by atoms with Gasteiger partial charge in [0.1, 0.15) is 5.82 Å². The van der Waals surface area contributed by atoms with Gasteiger partial charge in [0.05, 0.1) is 41.4 Å². The van der Waals surface area contributed by atoms with E-state index < -0.39 is 0 Å². The highest BCUT2D eigenvalue weighted by molar-refractivity contribution is 7.16. The summed E-state index contributed by atoms with van der Waals surface area (Å²) in [5, 5.41) is 34.6. The Bertz CT molecular complexity index is 2610. The van der Waals surface area contributed by atoms with Crippen LogP contribution in [-0.2, 0) is 38.5 Å². The number of pyridine rings is 1. The molecule has 0 amide bonds. The van der Waals surface area contributed by atoms with E-state index in [1.54, 1.807) is 47.5 Å². The molecule has 1 fully saturated rings. The van der Waals surface area contributed by atoms with Crippen LogP contribution in [0.25, 0.3) is 33.8 Å². The van der Waals surface area contributed by atoms with E-state index in [1.807, 2.05) is 48.9 Å². The number of H-pyrrole nitrogens is 3. The minimum absolute atomic E-state index is 0.640. The number of hydrogen-bond donors (Lipinski definition) is 6. The second-order valence-electron chi connectivity index (χ2n) is 14.2. The number of anilines is 5. The number of nitrogens with one attached hydrogen (secondary N) is 6. The van der Waals surface area contributed by atoms with Gasteiger partial charge in [-0.2, -0.15) is 15.3 Å². The van der Waals surface area contributed by atoms with Crippen molar-refractivity contribution < 1.29 is 0 Å². The number of nitrogens with zero attached hydrogens (tertiary/aromatic N) is 9. The molecule has 6 N–H and O–H groups in total. The molecule has 288 valence electrons. The average Bonchev–Trinajstić information content (AvgIpc) is 4.09. The molecular formula is C39H39N15S3. The summed E-state index contributed by atoms with van der Waals surface area (Å²) >= 11 is 5.19. The number of aryl methyl sites for hydroxylation is 7. The summed E-state index contributed by atoms with van der Waals surface area (Å²) < 4.78 is 0. The van der Waals surface area contributed by atoms with Crippen molar-refractivity contribution in [2.24, 2.45) is 0 Å². The Labute approximate surface area is 339 Å². The predicted octanol–water partition coefficient (Wildman–Crippen LogP) is 8.23. The Balaban J connectivity index is 0.000000104. The molecule has 0 aromatic carbocycles. The first-order valence-electron chi connectivity index (χ1n) is 19.2. The molecule has 4 aliphatic carbocycles. The van der Waals surface area contributed by atoms with Crippen molar-refractivity contribution in [1.82, 2.24) is 60.5 Å². The number of aromatic nitrogens is 12. The van der Waals surface area contributed by atoms with Gasteiger partial charge < -0.3 is 16.0 Å². The lowest BCUT2D eigenvalue weighted by atomic mass is 9.98. The molecule has 0 atom stereocenters. The molecule has 0 radical (unpaired) electrons. The maximum atomic E-state index is 4.78. The SMILES string of the molecule is Cc1[nH]nc2c1-c1nc(Nc3ccccn3)sc1CC2.c1cnc(Nc2nc3c(s2)CCc2[nH]ncc2-3)cn1.c1n[nH]c2c1-c1nc(NC3CCCC3)sc1CC2. The Morgan fingerprint density at radius 1 is 0.632 bits per heavy atom. The van der Waals surface area contributed by atoms with Crippen molar-refractivity contribution in [3.8, 4) is 33.8 Å². The topological polar surface area (TPSA) is 199 Å². The van der Waals surface area contributed by atoms with Gasteiger partial charge in [-0.1, -0.05) is 18.9 Å². The van der Waals surface area contributed by atoms with E-state index in [4.69, 9.17) is 9.97 Å². The summed E-state index contributed by atoms with van der Waals surface area (Å²) in [6.45, 7) is 2.05. The first-order chi connectivity index (χ1) is 28.1. The molecule has 8 heterocycles. The Morgan fingerprint density at radius 2 is 1.26 bits per heavy atom. The van der Waals surface area contributed by atoms with Crippen LogP contribution in [-0.4, -0.2) is 66.5 Å². The van der Waals surface area contributed by atoms with Crippen LogP contribution in [0.5, 0.6) is 0 Å². The summed E-state index contributed by atoms with van der Waals surface area (Å²) in [5.74, 6) is 1.53. The largest absolute Gasteiger partial charge is 0.359 e. The number of rotatable bonds is 6. The standard InChI is InChI=1S/C14H13N5S.C13H16N4S.C12H10N6S/c1-8-12-9(19-18-8)5-6-10-13(12)17-14(20-10)16-11-4-2-3-7-15-11;1-2-4-8(3-1)15-13-16-12-9-7-14-17-10(9)5-6-11(12)18-13;1-2-9-11(7-5-15-18-8(1)7)17-12(19-9)16-10-6-13-3-4-14-10/h2-4,7H,5-6H2,1H3,(H,18,19)(H,15,16,17);7-8H,1-6H2,(H,14,17)(H,15,16);3-6H,1-2H2,(H,15,18)(H,14,16,17). The van der Waals surface area contributed by atoms with Crippen molar-refractivity contribution in [3.63, 3.8) is 0 Å². The second kappa shape index (κ2) is 15.6. The summed E-state index contributed by atoms with van der Waals surface area (Å²) in [6.07, 6.45) is 22.0. The molecule has 8 aromatic heterocycles. The van der Waals surface area contributed by atoms with Crippen molar-refractivity contribution in [2.45, 2.75) is 77.2 Å². The lowest BCUT2D eigenvalue weighted by Crippen LogP contribution is -2.13. The Kier molecular flexibility index (Phi) is 9.73. The van der Waals surface area contributed by atoms with Gasteiger partial charge in [0, 0.05) is 73.0 Å². The van der Waals surface area contributed by atoms with Crippen molar-refractivity contribution in [3.05, 3.63) is 92.8 Å². The number of fused-ring (bicyclic) bond motifs is 9. The highest BCUT2D eigenvalue weighted by Crippen LogP contribution is 2.41. The molecule has 0 saturated heterocycles. The zero-order chi connectivity index (χ0) is 38.1. The van der Waals surface area contributed by atoms with E-state index in [2.05, 4.69) is 66.5 Å². The van der Waals surface area contributed by atoms with Gasteiger partial charge in [-0.25, -0.2) is 24.9 Å². The van der Waals surface area contributed by atoms with Crippen molar-refractivity contribution >= 4 is 61.0 Å². The molecule has 0 aliphatic heterocycles. The first-order valence-corrected chi connectivity index (χ1v) is 21.6. The lowest BCUT2D eigenvalue weighted by molar-refractivity contribution is 0.754. The Morgan fingerprint density at radius 3 is 1.95 bits per heavy atom. The monoisotopic (exact) mass is 813 g/mol. The molecule has 18 heteroatoms. The minimum Gasteiger partial charge on any atom is -0.359 e. The van der Waals surface area contributed by atoms with E-state index in [-0.39, 0.29) is 0 Å². The van der Waals surface area contributed by atoms with Crippen LogP contribution in [0.4, 0.5) is 27.0 Å². The second-order valence-corrected chi connectivity index (χ2v) is 17.5. The minimum atomic E-state index is 0.640. The third kappa shape index (κ3) is 7.42. The molecule has 0 spiro atoms. The van der Waals surface area contributed by atoms with E-state index in [9.17, 15) is 0 Å². The highest BCUT2D eigenvalue weighted by atomic mass is 32.1. The fourth-order valence-corrected chi connectivity index (χ4v) is 10.7. The maximum absolute atomic E-state index is 4.78. The molecule has 15 nitrogen and oxygen atoms in total. The highest BCUT2D eigenvalue weighted by Gasteiger charge is 2.26. The summed E-state index contributed by atoms with van der Waals surface area (Å²) in [6, 6.07) is 6.44. The lowest BCUT2D eigenvalue weighted by Gasteiger charge is -2.09. The van der Waals surface area contributed by atoms with Gasteiger partial charge in [-0.15, -0.1) is 34.0 Å². The van der Waals surface area contributed by atoms with Gasteiger partial charge in [-0.05, 0) is 70.4 Å². The quantitative estimate of drug-likeness (QED) is 0.0941. The molecule has 12 rings (SSSR count). The van der Waals surface area contributed by atoms with Gasteiger partial charge in [0.2, 0.25) is 0 Å². The van der Waals surface area contributed by atoms with Crippen molar-refractivity contribution in [2.75, 3.05) is 16.0 Å². The van der Waals surface area contributed by atoms with Crippen LogP contribution in [0.2, 0.25) is 0 Å². The first kappa shape index (κ1) is 35.6. The van der Waals surface area contributed by atoms with Gasteiger partial charge in [0.25, 0.3) is 0 Å². The molecule has 4 aliphatic rings. The summed E-state index contributed by atoms with van der Waals surface area (Å²) in [7, 11) is 0. The molecule has 0 unspecified atom stereocenters. The smallest absolute Gasteiger partial charge is 0.189 e. The number of thiazole rings is 3. The Hall–Kier alpha value is -5.85. The third-order valence-electron chi connectivity index (χ3n) is 10.5. The molecule has 8 aromatic rings. The normalized spacial score (nSPS) is 14.7. The van der Waals surface area contributed by atoms with Crippen molar-refractivity contribution in [1.29, 1.82) is 0 Å². The van der Waals surface area contributed by atoms with E-state index in [0.717, 1.165) is 93.8 Å². The van der Waals surface area contributed by atoms with Crippen LogP contribution in [0.1, 0.15) is 63.1 Å². The molecule has 0 bridgehead atoms. The van der Waals surface area contributed by atoms with Crippen LogP contribution >= 0.6 is 34.0 Å². The van der Waals surface area contributed by atoms with Gasteiger partial charge in [0.15, 0.2) is 21.2 Å². The third-order valence-corrected chi connectivity index (χ3v) is 13.6. The van der Waals surface area contributed by atoms with E-state index in [1.165, 1.54) is 62.8 Å². The zero-order valence-electron chi connectivity index (χ0n) is 31.1. The van der Waals surface area contributed by atoms with E-state index in [0.29, 0.717) is 11.9 Å². The molecular weight excluding hydrogens is 775 g/mol. The molecule has 57 heavy (non-hydrogen) atoms. The van der Waals surface area contributed by atoms with Crippen LogP contribution in [0, 0.1) is 6.92 Å². The average molecular weight is 814 g/mol. The summed E-state index contributed by atoms with van der Waals surface area (Å²) in [5.41, 5.74) is 11.4. The predicted molar refractivity (Wildman–Crippen MR) is 225 cm³/mol. The maximum Gasteiger partial charge on any atom is 0.189 e.